The number of hydrogen-bond donors (Lipinski definition) is 1. The molecule has 0 spiro atoms. The molecule has 16 heteroatoms. The molecule has 39 heavy (non-hydrogen) atoms. The van der Waals surface area contributed by atoms with E-state index in [1.807, 2.05) is 0 Å². The highest BCUT2D eigenvalue weighted by atomic mass is 35.5. The minimum atomic E-state index is -4.88. The first-order valence-corrected chi connectivity index (χ1v) is 13.8. The molecule has 212 valence electrons. The summed E-state index contributed by atoms with van der Waals surface area (Å²) in [5.41, 5.74) is -2.19. The highest BCUT2D eigenvalue weighted by Crippen LogP contribution is 2.50. The van der Waals surface area contributed by atoms with Crippen LogP contribution in [-0.2, 0) is 25.5 Å². The average Bonchev–Trinajstić information content (AvgIpc) is 3.50. The smallest absolute Gasteiger partial charge is 0.374 e. The molecule has 0 aliphatic carbocycles. The first-order chi connectivity index (χ1) is 18.1. The van der Waals surface area contributed by atoms with Gasteiger partial charge in [-0.1, -0.05) is 50.5 Å². The third kappa shape index (κ3) is 5.58. The van der Waals surface area contributed by atoms with Gasteiger partial charge >= 0.3 is 16.4 Å². The van der Waals surface area contributed by atoms with Gasteiger partial charge in [0.1, 0.15) is 0 Å². The largest absolute Gasteiger partial charge is 0.435 e. The summed E-state index contributed by atoms with van der Waals surface area (Å²) >= 11 is 17.9. The zero-order valence-corrected chi connectivity index (χ0v) is 23.7. The van der Waals surface area contributed by atoms with E-state index in [1.54, 1.807) is 6.92 Å². The van der Waals surface area contributed by atoms with Crippen molar-refractivity contribution in [2.75, 3.05) is 27.2 Å². The summed E-state index contributed by atoms with van der Waals surface area (Å²) in [6.45, 7) is 1.47. The summed E-state index contributed by atoms with van der Waals surface area (Å²) in [5.74, 6) is -0.503. The van der Waals surface area contributed by atoms with Gasteiger partial charge in [-0.15, -0.1) is 0 Å². The Labute approximate surface area is 237 Å². The second-order valence-electron chi connectivity index (χ2n) is 9.16. The molecule has 1 fully saturated rings. The minimum absolute atomic E-state index is 0.00157. The number of alkyl halides is 3. The molecule has 0 saturated carbocycles. The van der Waals surface area contributed by atoms with Crippen LogP contribution in [0.25, 0.3) is 0 Å². The Balaban J connectivity index is 1.52. The number of halogens is 6. The van der Waals surface area contributed by atoms with Crippen molar-refractivity contribution in [3.8, 4) is 0 Å². The Morgan fingerprint density at radius 1 is 1.18 bits per heavy atom. The number of carbonyl (C=O) groups excluding carboxylic acids is 1. The molecule has 1 saturated heterocycles. The van der Waals surface area contributed by atoms with Crippen molar-refractivity contribution in [3.05, 3.63) is 67.7 Å². The minimum Gasteiger partial charge on any atom is -0.374 e. The van der Waals surface area contributed by atoms with Crippen LogP contribution in [0, 0.1) is 6.92 Å². The summed E-state index contributed by atoms with van der Waals surface area (Å²) in [4.78, 5) is 23.1. The number of carbonyl (C=O) groups is 1. The highest BCUT2D eigenvalue weighted by molar-refractivity contribution is 7.86. The lowest BCUT2D eigenvalue weighted by atomic mass is 9.86. The van der Waals surface area contributed by atoms with Gasteiger partial charge in [0.15, 0.2) is 0 Å². The summed E-state index contributed by atoms with van der Waals surface area (Å²) in [6, 6.07) is 5.88. The number of hydroxylamine groups is 1. The van der Waals surface area contributed by atoms with E-state index in [1.165, 1.54) is 32.3 Å². The first kappa shape index (κ1) is 29.8. The van der Waals surface area contributed by atoms with Crippen molar-refractivity contribution >= 4 is 56.6 Å². The van der Waals surface area contributed by atoms with E-state index in [0.29, 0.717) is 11.1 Å². The van der Waals surface area contributed by atoms with Crippen molar-refractivity contribution in [1.29, 1.82) is 0 Å². The van der Waals surface area contributed by atoms with Crippen LogP contribution in [0.2, 0.25) is 15.1 Å². The maximum atomic E-state index is 14.3. The monoisotopic (exact) mass is 628 g/mol. The van der Waals surface area contributed by atoms with Gasteiger partial charge in [0.2, 0.25) is 0 Å². The second-order valence-corrected chi connectivity index (χ2v) is 12.4. The Kier molecular flexibility index (Phi) is 8.18. The van der Waals surface area contributed by atoms with Gasteiger partial charge < -0.3 is 10.2 Å². The lowest BCUT2D eigenvalue weighted by Gasteiger charge is -2.30. The van der Waals surface area contributed by atoms with Crippen molar-refractivity contribution in [2.24, 2.45) is 5.16 Å². The third-order valence-corrected chi connectivity index (χ3v) is 9.17. The number of oxime groups is 1. The quantitative estimate of drug-likeness (QED) is 0.468. The van der Waals surface area contributed by atoms with Crippen molar-refractivity contribution in [2.45, 2.75) is 31.2 Å². The molecule has 1 unspecified atom stereocenters. The Morgan fingerprint density at radius 2 is 1.82 bits per heavy atom. The fourth-order valence-corrected chi connectivity index (χ4v) is 5.62. The van der Waals surface area contributed by atoms with Gasteiger partial charge in [-0.3, -0.25) is 9.63 Å². The van der Waals surface area contributed by atoms with Crippen LogP contribution in [0.3, 0.4) is 0 Å². The first-order valence-electron chi connectivity index (χ1n) is 11.3. The summed E-state index contributed by atoms with van der Waals surface area (Å²) in [7, 11) is -1.10. The molecule has 4 rings (SSSR count). The van der Waals surface area contributed by atoms with Gasteiger partial charge in [-0.2, -0.15) is 25.9 Å². The second kappa shape index (κ2) is 10.7. The number of amides is 1. The number of nitrogens with zero attached hydrogens (tertiary/aromatic N) is 3. The molecule has 2 aromatic carbocycles. The van der Waals surface area contributed by atoms with E-state index in [2.05, 4.69) is 10.5 Å². The number of hydrogen-bond acceptors (Lipinski definition) is 6. The predicted octanol–water partition coefficient (Wildman–Crippen LogP) is 4.69. The standard InChI is InChI=1S/C23H22Cl3F3N4O5S/c1-12-6-13(4-5-16(12)21(34)30-15-10-33(37-11-15)39(35,36)32(2)3)19-9-22(38-31-19,23(27,28)29)14-7-17(24)20(26)18(25)8-14/h4-8,15H,9-11H2,1-3H3,(H,30,34)/t15?,22-/m0/s1. The molecule has 2 heterocycles. The normalized spacial score (nSPS) is 22.2. The summed E-state index contributed by atoms with van der Waals surface area (Å²) in [5, 5.41) is 6.01. The van der Waals surface area contributed by atoms with Gasteiger partial charge in [0, 0.05) is 31.6 Å². The molecule has 2 aliphatic heterocycles. The molecule has 9 nitrogen and oxygen atoms in total. The highest BCUT2D eigenvalue weighted by Gasteiger charge is 2.62. The Hall–Kier alpha value is -2.13. The van der Waals surface area contributed by atoms with Crippen LogP contribution < -0.4 is 5.32 Å². The lowest BCUT2D eigenvalue weighted by molar-refractivity contribution is -0.275. The third-order valence-electron chi connectivity index (χ3n) is 6.28. The van der Waals surface area contributed by atoms with E-state index < -0.39 is 40.4 Å². The van der Waals surface area contributed by atoms with Crippen molar-refractivity contribution in [3.63, 3.8) is 0 Å². The molecule has 2 aliphatic rings. The van der Waals surface area contributed by atoms with Crippen LogP contribution >= 0.6 is 34.8 Å². The van der Waals surface area contributed by atoms with Crippen molar-refractivity contribution < 1.29 is 36.1 Å². The van der Waals surface area contributed by atoms with E-state index >= 15 is 0 Å². The number of aryl methyl sites for hydroxylation is 1. The number of rotatable bonds is 6. The summed E-state index contributed by atoms with van der Waals surface area (Å²) in [6.07, 6.45) is -5.56. The van der Waals surface area contributed by atoms with E-state index in [0.717, 1.165) is 20.9 Å². The molecule has 2 aromatic rings. The number of nitrogens with one attached hydrogen (secondary N) is 1. The predicted molar refractivity (Wildman–Crippen MR) is 139 cm³/mol. The Bertz CT molecular complexity index is 1430. The van der Waals surface area contributed by atoms with Crippen LogP contribution in [0.4, 0.5) is 13.2 Å². The van der Waals surface area contributed by atoms with E-state index in [4.69, 9.17) is 44.5 Å². The lowest BCUT2D eigenvalue weighted by Crippen LogP contribution is -2.42. The van der Waals surface area contributed by atoms with E-state index in [-0.39, 0.29) is 45.1 Å². The fraction of sp³-hybridized carbons (Fsp3) is 0.391. The molecule has 0 radical (unpaired) electrons. The van der Waals surface area contributed by atoms with Gasteiger partial charge in [0.05, 0.1) is 40.0 Å². The maximum Gasteiger partial charge on any atom is 0.435 e. The fourth-order valence-electron chi connectivity index (χ4n) is 4.10. The molecular formula is C23H22Cl3F3N4O5S. The molecular weight excluding hydrogens is 608 g/mol. The van der Waals surface area contributed by atoms with Gasteiger partial charge in [0.25, 0.3) is 11.5 Å². The van der Waals surface area contributed by atoms with Crippen LogP contribution in [0.5, 0.6) is 0 Å². The molecule has 1 amide bonds. The van der Waals surface area contributed by atoms with Gasteiger partial charge in [-0.05, 0) is 42.3 Å². The Morgan fingerprint density at radius 3 is 2.38 bits per heavy atom. The van der Waals surface area contributed by atoms with Gasteiger partial charge in [-0.25, -0.2) is 0 Å². The van der Waals surface area contributed by atoms with Crippen molar-refractivity contribution in [1.82, 2.24) is 14.1 Å². The molecule has 1 N–H and O–H groups in total. The zero-order chi connectivity index (χ0) is 28.9. The molecule has 0 bridgehead atoms. The average molecular weight is 630 g/mol. The molecule has 0 aromatic heterocycles. The van der Waals surface area contributed by atoms with Crippen LogP contribution in [-0.4, -0.2) is 68.3 Å². The van der Waals surface area contributed by atoms with Crippen LogP contribution in [0.1, 0.15) is 33.5 Å². The number of benzene rings is 2. The molecule has 2 atom stereocenters. The van der Waals surface area contributed by atoms with E-state index in [9.17, 15) is 26.4 Å². The SMILES string of the molecule is Cc1cc(C2=NO[C@@](c3cc(Cl)c(Cl)c(Cl)c3)(C(F)(F)F)C2)ccc1C(=O)NC1CON(S(=O)(=O)N(C)C)C1. The topological polar surface area (TPSA) is 101 Å². The summed E-state index contributed by atoms with van der Waals surface area (Å²) < 4.78 is 69.1. The maximum absolute atomic E-state index is 14.3. The van der Waals surface area contributed by atoms with Crippen LogP contribution in [0.15, 0.2) is 35.5 Å². The zero-order valence-electron chi connectivity index (χ0n) is 20.6.